The van der Waals surface area contributed by atoms with Crippen molar-refractivity contribution in [3.8, 4) is 0 Å². The van der Waals surface area contributed by atoms with E-state index < -0.39 is 16.0 Å². The van der Waals surface area contributed by atoms with Gasteiger partial charge in [-0.3, -0.25) is 4.79 Å². The lowest BCUT2D eigenvalue weighted by Crippen LogP contribution is -2.38. The zero-order valence-corrected chi connectivity index (χ0v) is 13.3. The van der Waals surface area contributed by atoms with Crippen LogP contribution in [0.15, 0.2) is 29.2 Å². The molecule has 1 aliphatic heterocycles. The van der Waals surface area contributed by atoms with Crippen molar-refractivity contribution < 1.29 is 18.3 Å². The van der Waals surface area contributed by atoms with Gasteiger partial charge in [-0.2, -0.15) is 11.8 Å². The molecule has 1 atom stereocenters. The molecule has 0 aromatic heterocycles. The van der Waals surface area contributed by atoms with Crippen LogP contribution in [0.4, 0.5) is 0 Å². The van der Waals surface area contributed by atoms with Crippen LogP contribution in [-0.2, 0) is 21.2 Å². The third-order valence-corrected chi connectivity index (χ3v) is 6.10. The predicted octanol–water partition coefficient (Wildman–Crippen LogP) is 1.88. The fourth-order valence-electron chi connectivity index (χ4n) is 2.21. The van der Waals surface area contributed by atoms with Gasteiger partial charge in [0.05, 0.1) is 4.90 Å². The van der Waals surface area contributed by atoms with E-state index in [1.165, 1.54) is 12.1 Å². The molecule has 2 rings (SSSR count). The minimum atomic E-state index is -3.49. The van der Waals surface area contributed by atoms with Crippen molar-refractivity contribution in [2.75, 3.05) is 11.5 Å². The molecule has 7 heteroatoms. The molecule has 0 spiro atoms. The number of hydrogen-bond donors (Lipinski definition) is 2. The summed E-state index contributed by atoms with van der Waals surface area (Å²) in [6.07, 6.45) is 2.36. The number of aryl methyl sites for hydroxylation is 1. The maximum Gasteiger partial charge on any atom is 0.303 e. The summed E-state index contributed by atoms with van der Waals surface area (Å²) >= 11 is 1.77. The van der Waals surface area contributed by atoms with Crippen molar-refractivity contribution in [1.29, 1.82) is 0 Å². The molecule has 1 aliphatic rings. The highest BCUT2D eigenvalue weighted by molar-refractivity contribution is 7.99. The van der Waals surface area contributed by atoms with E-state index in [2.05, 4.69) is 4.72 Å². The van der Waals surface area contributed by atoms with Gasteiger partial charge in [-0.15, -0.1) is 0 Å². The lowest BCUT2D eigenvalue weighted by atomic mass is 10.1. The standard InChI is InChI=1S/C14H19NO4S2/c16-14(17)8-5-11-3-6-13(7-4-11)21(18,19)15-12-2-1-9-20-10-12/h3-4,6-7,12,15H,1-2,5,8-10H2,(H,16,17). The van der Waals surface area contributed by atoms with Crippen LogP contribution in [0.1, 0.15) is 24.8 Å². The Hall–Kier alpha value is -1.05. The number of rotatable bonds is 6. The van der Waals surface area contributed by atoms with Crippen LogP contribution in [0.5, 0.6) is 0 Å². The first-order valence-corrected chi connectivity index (χ1v) is 9.52. The highest BCUT2D eigenvalue weighted by Gasteiger charge is 2.21. The first-order valence-electron chi connectivity index (χ1n) is 6.88. The van der Waals surface area contributed by atoms with E-state index in [0.29, 0.717) is 6.42 Å². The van der Waals surface area contributed by atoms with E-state index in [9.17, 15) is 13.2 Å². The third-order valence-electron chi connectivity index (χ3n) is 3.34. The Bertz CT molecular complexity index is 577. The van der Waals surface area contributed by atoms with E-state index in [1.54, 1.807) is 23.9 Å². The summed E-state index contributed by atoms with van der Waals surface area (Å²) in [7, 11) is -3.49. The largest absolute Gasteiger partial charge is 0.481 e. The first kappa shape index (κ1) is 16.3. The van der Waals surface area contributed by atoms with Crippen molar-refractivity contribution >= 4 is 27.8 Å². The van der Waals surface area contributed by atoms with E-state index in [4.69, 9.17) is 5.11 Å². The van der Waals surface area contributed by atoms with Gasteiger partial charge in [-0.1, -0.05) is 12.1 Å². The fourth-order valence-corrected chi connectivity index (χ4v) is 4.66. The minimum Gasteiger partial charge on any atom is -0.481 e. The molecule has 1 fully saturated rings. The number of thioether (sulfide) groups is 1. The van der Waals surface area contributed by atoms with Gasteiger partial charge in [0.2, 0.25) is 10.0 Å². The lowest BCUT2D eigenvalue weighted by Gasteiger charge is -2.22. The summed E-state index contributed by atoms with van der Waals surface area (Å²) in [5, 5.41) is 8.63. The highest BCUT2D eigenvalue weighted by atomic mass is 32.2. The Morgan fingerprint density at radius 2 is 2.05 bits per heavy atom. The third kappa shape index (κ3) is 5.01. The van der Waals surface area contributed by atoms with E-state index >= 15 is 0 Å². The summed E-state index contributed by atoms with van der Waals surface area (Å²) in [4.78, 5) is 10.7. The Balaban J connectivity index is 2.00. The molecule has 0 amide bonds. The second kappa shape index (κ2) is 7.29. The average molecular weight is 329 g/mol. The molecule has 0 saturated carbocycles. The van der Waals surface area contributed by atoms with E-state index in [1.807, 2.05) is 0 Å². The summed E-state index contributed by atoms with van der Waals surface area (Å²) in [5.41, 5.74) is 0.824. The van der Waals surface area contributed by atoms with Crippen molar-refractivity contribution in [3.63, 3.8) is 0 Å². The van der Waals surface area contributed by atoms with Gasteiger partial charge in [0, 0.05) is 18.2 Å². The quantitative estimate of drug-likeness (QED) is 0.832. The SMILES string of the molecule is O=C(O)CCc1ccc(S(=O)(=O)NC2CCCSC2)cc1. The number of carboxylic acid groups (broad SMARTS) is 1. The second-order valence-electron chi connectivity index (χ2n) is 5.07. The number of carboxylic acids is 1. The van der Waals surface area contributed by atoms with Gasteiger partial charge in [0.1, 0.15) is 0 Å². The Labute approximate surface area is 129 Å². The van der Waals surface area contributed by atoms with Crippen LogP contribution in [0, 0.1) is 0 Å². The second-order valence-corrected chi connectivity index (χ2v) is 7.94. The maximum absolute atomic E-state index is 12.3. The molecule has 1 aromatic rings. The monoisotopic (exact) mass is 329 g/mol. The first-order chi connectivity index (χ1) is 9.97. The molecular formula is C14H19NO4S2. The van der Waals surface area contributed by atoms with Crippen LogP contribution in [-0.4, -0.2) is 37.0 Å². The topological polar surface area (TPSA) is 83.5 Å². The Kier molecular flexibility index (Phi) is 5.66. The Morgan fingerprint density at radius 3 is 2.62 bits per heavy atom. The van der Waals surface area contributed by atoms with E-state index in [-0.39, 0.29) is 17.4 Å². The number of benzene rings is 1. The number of carbonyl (C=O) groups is 1. The fraction of sp³-hybridized carbons (Fsp3) is 0.500. The molecule has 1 heterocycles. The lowest BCUT2D eigenvalue weighted by molar-refractivity contribution is -0.136. The number of sulfonamides is 1. The van der Waals surface area contributed by atoms with Crippen LogP contribution < -0.4 is 4.72 Å². The highest BCUT2D eigenvalue weighted by Crippen LogP contribution is 2.19. The smallest absolute Gasteiger partial charge is 0.303 e. The number of aliphatic carboxylic acids is 1. The van der Waals surface area contributed by atoms with Crippen molar-refractivity contribution in [2.45, 2.75) is 36.6 Å². The number of nitrogens with one attached hydrogen (secondary N) is 1. The average Bonchev–Trinajstić information content (AvgIpc) is 2.46. The van der Waals surface area contributed by atoms with Crippen molar-refractivity contribution in [3.05, 3.63) is 29.8 Å². The summed E-state index contributed by atoms with van der Waals surface area (Å²) in [6, 6.07) is 6.42. The molecule has 1 unspecified atom stereocenters. The summed E-state index contributed by atoms with van der Waals surface area (Å²) in [5.74, 6) is 1.05. The zero-order valence-electron chi connectivity index (χ0n) is 11.6. The summed E-state index contributed by atoms with van der Waals surface area (Å²) < 4.78 is 27.3. The van der Waals surface area contributed by atoms with Crippen LogP contribution in [0.3, 0.4) is 0 Å². The van der Waals surface area contributed by atoms with Crippen LogP contribution in [0.2, 0.25) is 0 Å². The van der Waals surface area contributed by atoms with Gasteiger partial charge >= 0.3 is 5.97 Å². The molecule has 2 N–H and O–H groups in total. The van der Waals surface area contributed by atoms with E-state index in [0.717, 1.165) is 29.9 Å². The number of hydrogen-bond acceptors (Lipinski definition) is 4. The summed E-state index contributed by atoms with van der Waals surface area (Å²) in [6.45, 7) is 0. The molecular weight excluding hydrogens is 310 g/mol. The van der Waals surface area contributed by atoms with Gasteiger partial charge < -0.3 is 5.11 Å². The minimum absolute atomic E-state index is 0.000405. The van der Waals surface area contributed by atoms with Crippen LogP contribution >= 0.6 is 11.8 Å². The molecule has 0 aliphatic carbocycles. The van der Waals surface area contributed by atoms with Crippen LogP contribution in [0.25, 0.3) is 0 Å². The van der Waals surface area contributed by atoms with Gasteiger partial charge in [0.15, 0.2) is 0 Å². The van der Waals surface area contributed by atoms with Crippen molar-refractivity contribution in [1.82, 2.24) is 4.72 Å². The molecule has 21 heavy (non-hydrogen) atoms. The van der Waals surface area contributed by atoms with Gasteiger partial charge in [-0.05, 0) is 42.7 Å². The van der Waals surface area contributed by atoms with Crippen molar-refractivity contribution in [2.24, 2.45) is 0 Å². The molecule has 1 aromatic carbocycles. The predicted molar refractivity (Wildman–Crippen MR) is 83.1 cm³/mol. The molecule has 1 saturated heterocycles. The zero-order chi connectivity index (χ0) is 15.3. The molecule has 0 radical (unpaired) electrons. The normalized spacial score (nSPS) is 19.3. The molecule has 0 bridgehead atoms. The maximum atomic E-state index is 12.3. The van der Waals surface area contributed by atoms with Gasteiger partial charge in [0.25, 0.3) is 0 Å². The molecule has 5 nitrogen and oxygen atoms in total. The molecule has 116 valence electrons. The van der Waals surface area contributed by atoms with Gasteiger partial charge in [-0.25, -0.2) is 13.1 Å². The Morgan fingerprint density at radius 1 is 1.33 bits per heavy atom.